The average molecular weight is 187 g/mol. The van der Waals surface area contributed by atoms with Gasteiger partial charge in [-0.2, -0.15) is 0 Å². The lowest BCUT2D eigenvalue weighted by Gasteiger charge is -2.43. The van der Waals surface area contributed by atoms with Gasteiger partial charge < -0.3 is 14.8 Å². The van der Waals surface area contributed by atoms with E-state index in [4.69, 9.17) is 9.47 Å². The molecule has 1 fully saturated rings. The monoisotopic (exact) mass is 187 g/mol. The van der Waals surface area contributed by atoms with Crippen molar-refractivity contribution in [3.8, 4) is 0 Å². The Labute approximate surface area is 80.8 Å². The van der Waals surface area contributed by atoms with E-state index in [1.807, 2.05) is 7.05 Å². The molecule has 13 heavy (non-hydrogen) atoms. The minimum Gasteiger partial charge on any atom is -0.377 e. The minimum absolute atomic E-state index is 0.240. The molecule has 1 aliphatic rings. The van der Waals surface area contributed by atoms with E-state index in [0.717, 1.165) is 13.0 Å². The SMILES string of the molecule is CNC1CC(OCC(C)C)C1OC. The highest BCUT2D eigenvalue weighted by Crippen LogP contribution is 2.26. The van der Waals surface area contributed by atoms with Crippen molar-refractivity contribution < 1.29 is 9.47 Å². The summed E-state index contributed by atoms with van der Waals surface area (Å²) >= 11 is 0. The largest absolute Gasteiger partial charge is 0.377 e. The fraction of sp³-hybridized carbons (Fsp3) is 1.00. The van der Waals surface area contributed by atoms with Gasteiger partial charge in [-0.25, -0.2) is 0 Å². The van der Waals surface area contributed by atoms with Crippen LogP contribution < -0.4 is 5.32 Å². The van der Waals surface area contributed by atoms with E-state index in [-0.39, 0.29) is 6.10 Å². The number of rotatable bonds is 5. The van der Waals surface area contributed by atoms with E-state index in [0.29, 0.717) is 18.1 Å². The van der Waals surface area contributed by atoms with E-state index in [1.54, 1.807) is 7.11 Å². The summed E-state index contributed by atoms with van der Waals surface area (Å²) in [5.41, 5.74) is 0. The maximum absolute atomic E-state index is 5.71. The maximum atomic E-state index is 5.71. The van der Waals surface area contributed by atoms with Crippen molar-refractivity contribution >= 4 is 0 Å². The predicted molar refractivity (Wildman–Crippen MR) is 52.8 cm³/mol. The number of hydrogen-bond acceptors (Lipinski definition) is 3. The van der Waals surface area contributed by atoms with Crippen molar-refractivity contribution in [2.75, 3.05) is 20.8 Å². The molecule has 1 aliphatic carbocycles. The molecule has 3 unspecified atom stereocenters. The van der Waals surface area contributed by atoms with Gasteiger partial charge in [0.15, 0.2) is 0 Å². The van der Waals surface area contributed by atoms with Crippen LogP contribution in [0.5, 0.6) is 0 Å². The first kappa shape index (κ1) is 11.0. The Balaban J connectivity index is 2.22. The van der Waals surface area contributed by atoms with Crippen molar-refractivity contribution in [2.45, 2.75) is 38.5 Å². The van der Waals surface area contributed by atoms with Crippen molar-refractivity contribution in [3.05, 3.63) is 0 Å². The average Bonchev–Trinajstić information content (AvgIpc) is 2.03. The molecule has 78 valence electrons. The second kappa shape index (κ2) is 4.94. The van der Waals surface area contributed by atoms with Crippen LogP contribution in [0, 0.1) is 5.92 Å². The van der Waals surface area contributed by atoms with Crippen LogP contribution in [-0.2, 0) is 9.47 Å². The molecule has 1 saturated carbocycles. The third-order valence-corrected chi connectivity index (χ3v) is 2.54. The van der Waals surface area contributed by atoms with Crippen molar-refractivity contribution in [1.82, 2.24) is 5.32 Å². The van der Waals surface area contributed by atoms with Crippen LogP contribution >= 0.6 is 0 Å². The first-order chi connectivity index (χ1) is 6.19. The zero-order chi connectivity index (χ0) is 9.84. The standard InChI is InChI=1S/C10H21NO2/c1-7(2)6-13-9-5-8(11-3)10(9)12-4/h7-11H,5-6H2,1-4H3. The molecule has 0 heterocycles. The molecule has 1 N–H and O–H groups in total. The lowest BCUT2D eigenvalue weighted by atomic mass is 9.85. The van der Waals surface area contributed by atoms with Gasteiger partial charge in [-0.1, -0.05) is 13.8 Å². The fourth-order valence-corrected chi connectivity index (χ4v) is 1.66. The van der Waals surface area contributed by atoms with Crippen LogP contribution in [0.1, 0.15) is 20.3 Å². The molecule has 3 heteroatoms. The Hall–Kier alpha value is -0.120. The molecule has 3 nitrogen and oxygen atoms in total. The molecule has 0 bridgehead atoms. The number of nitrogens with one attached hydrogen (secondary N) is 1. The van der Waals surface area contributed by atoms with E-state index in [9.17, 15) is 0 Å². The molecule has 0 spiro atoms. The summed E-state index contributed by atoms with van der Waals surface area (Å²) in [6, 6.07) is 0.474. The zero-order valence-corrected chi connectivity index (χ0v) is 9.04. The summed E-state index contributed by atoms with van der Waals surface area (Å²) in [6.45, 7) is 5.16. The molecule has 0 saturated heterocycles. The Morgan fingerprint density at radius 1 is 1.46 bits per heavy atom. The van der Waals surface area contributed by atoms with Crippen LogP contribution in [0.4, 0.5) is 0 Å². The first-order valence-corrected chi connectivity index (χ1v) is 5.00. The van der Waals surface area contributed by atoms with Gasteiger partial charge in [-0.3, -0.25) is 0 Å². The Kier molecular flexibility index (Phi) is 4.16. The van der Waals surface area contributed by atoms with Crippen molar-refractivity contribution in [3.63, 3.8) is 0 Å². The third-order valence-electron chi connectivity index (χ3n) is 2.54. The molecule has 0 aromatic rings. The molecular weight excluding hydrogens is 166 g/mol. The first-order valence-electron chi connectivity index (χ1n) is 5.00. The quantitative estimate of drug-likeness (QED) is 0.697. The van der Waals surface area contributed by atoms with Gasteiger partial charge in [0.05, 0.1) is 12.2 Å². The predicted octanol–water partition coefficient (Wildman–Crippen LogP) is 1.03. The van der Waals surface area contributed by atoms with Crippen molar-refractivity contribution in [1.29, 1.82) is 0 Å². The summed E-state index contributed by atoms with van der Waals surface area (Å²) in [5.74, 6) is 0.603. The maximum Gasteiger partial charge on any atom is 0.0986 e. The Bertz CT molecular complexity index is 150. The molecular formula is C10H21NO2. The molecule has 0 radical (unpaired) electrons. The van der Waals surface area contributed by atoms with Crippen LogP contribution in [0.3, 0.4) is 0 Å². The Morgan fingerprint density at radius 3 is 2.62 bits per heavy atom. The fourth-order valence-electron chi connectivity index (χ4n) is 1.66. The third kappa shape index (κ3) is 2.66. The molecule has 3 atom stereocenters. The number of ether oxygens (including phenoxy) is 2. The summed E-state index contributed by atoms with van der Waals surface area (Å²) in [5, 5.41) is 3.22. The molecule has 1 rings (SSSR count). The van der Waals surface area contributed by atoms with Crippen LogP contribution in [0.25, 0.3) is 0 Å². The lowest BCUT2D eigenvalue weighted by molar-refractivity contribution is -0.137. The van der Waals surface area contributed by atoms with Gasteiger partial charge in [0.25, 0.3) is 0 Å². The van der Waals surface area contributed by atoms with Gasteiger partial charge in [0.2, 0.25) is 0 Å². The Morgan fingerprint density at radius 2 is 2.15 bits per heavy atom. The molecule has 0 amide bonds. The second-order valence-corrected chi connectivity index (χ2v) is 4.10. The number of methoxy groups -OCH3 is 1. The van der Waals surface area contributed by atoms with Gasteiger partial charge >= 0.3 is 0 Å². The van der Waals surface area contributed by atoms with Crippen molar-refractivity contribution in [2.24, 2.45) is 5.92 Å². The highest BCUT2D eigenvalue weighted by molar-refractivity contribution is 4.96. The summed E-state index contributed by atoms with van der Waals surface area (Å²) < 4.78 is 11.1. The topological polar surface area (TPSA) is 30.5 Å². The second-order valence-electron chi connectivity index (χ2n) is 4.10. The van der Waals surface area contributed by atoms with Crippen LogP contribution in [0.2, 0.25) is 0 Å². The summed E-state index contributed by atoms with van der Waals surface area (Å²) in [7, 11) is 3.72. The summed E-state index contributed by atoms with van der Waals surface area (Å²) in [4.78, 5) is 0. The smallest absolute Gasteiger partial charge is 0.0986 e. The van der Waals surface area contributed by atoms with E-state index in [2.05, 4.69) is 19.2 Å². The molecule has 0 aliphatic heterocycles. The minimum atomic E-state index is 0.240. The van der Waals surface area contributed by atoms with Gasteiger partial charge in [0.1, 0.15) is 0 Å². The van der Waals surface area contributed by atoms with Gasteiger partial charge in [0, 0.05) is 19.8 Å². The van der Waals surface area contributed by atoms with Gasteiger partial charge in [-0.05, 0) is 19.4 Å². The van der Waals surface area contributed by atoms with E-state index in [1.165, 1.54) is 0 Å². The number of hydrogen-bond donors (Lipinski definition) is 1. The van der Waals surface area contributed by atoms with Crippen LogP contribution in [0.15, 0.2) is 0 Å². The normalized spacial score (nSPS) is 33.5. The zero-order valence-electron chi connectivity index (χ0n) is 9.04. The van der Waals surface area contributed by atoms with Crippen LogP contribution in [-0.4, -0.2) is 39.0 Å². The van der Waals surface area contributed by atoms with E-state index >= 15 is 0 Å². The van der Waals surface area contributed by atoms with E-state index < -0.39 is 0 Å². The highest BCUT2D eigenvalue weighted by Gasteiger charge is 2.41. The molecule has 0 aromatic heterocycles. The van der Waals surface area contributed by atoms with Gasteiger partial charge in [-0.15, -0.1) is 0 Å². The summed E-state index contributed by atoms with van der Waals surface area (Å²) in [6.07, 6.45) is 1.61. The lowest BCUT2D eigenvalue weighted by Crippen LogP contribution is -2.59. The molecule has 0 aromatic carbocycles. The highest BCUT2D eigenvalue weighted by atomic mass is 16.5. The number of likely N-dealkylation sites (N-methyl/N-ethyl adjacent to an activating group) is 1.